The molecule has 15 heavy (non-hydrogen) atoms. The molecule has 0 aromatic heterocycles. The standard InChI is InChI=1S/C12H17BrN2/c1-12(2)8-14-7-11(15-12)9-3-5-10(13)6-4-9/h3-6,11,14-15H,7-8H2,1-2H3. The maximum Gasteiger partial charge on any atom is 0.0451 e. The van der Waals surface area contributed by atoms with Crippen LogP contribution in [0.4, 0.5) is 0 Å². The van der Waals surface area contributed by atoms with Crippen molar-refractivity contribution >= 4 is 15.9 Å². The summed E-state index contributed by atoms with van der Waals surface area (Å²) < 4.78 is 1.13. The molecule has 1 aliphatic heterocycles. The van der Waals surface area contributed by atoms with Crippen LogP contribution in [-0.4, -0.2) is 18.6 Å². The molecule has 82 valence electrons. The highest BCUT2D eigenvalue weighted by Gasteiger charge is 2.27. The van der Waals surface area contributed by atoms with E-state index < -0.39 is 0 Å². The highest BCUT2D eigenvalue weighted by Crippen LogP contribution is 2.21. The van der Waals surface area contributed by atoms with Crippen molar-refractivity contribution in [3.63, 3.8) is 0 Å². The van der Waals surface area contributed by atoms with E-state index in [1.54, 1.807) is 0 Å². The summed E-state index contributed by atoms with van der Waals surface area (Å²) in [6.07, 6.45) is 0. The Morgan fingerprint density at radius 3 is 2.53 bits per heavy atom. The molecule has 1 atom stereocenters. The monoisotopic (exact) mass is 268 g/mol. The fraction of sp³-hybridized carbons (Fsp3) is 0.500. The summed E-state index contributed by atoms with van der Waals surface area (Å²) in [7, 11) is 0. The van der Waals surface area contributed by atoms with E-state index in [1.165, 1.54) is 5.56 Å². The lowest BCUT2D eigenvalue weighted by molar-refractivity contribution is 0.264. The van der Waals surface area contributed by atoms with Crippen LogP contribution in [0.25, 0.3) is 0 Å². The van der Waals surface area contributed by atoms with Crippen LogP contribution in [0.1, 0.15) is 25.5 Å². The molecule has 0 bridgehead atoms. The molecule has 1 heterocycles. The van der Waals surface area contributed by atoms with Crippen molar-refractivity contribution in [3.05, 3.63) is 34.3 Å². The summed E-state index contributed by atoms with van der Waals surface area (Å²) in [5.74, 6) is 0. The van der Waals surface area contributed by atoms with Gasteiger partial charge in [-0.25, -0.2) is 0 Å². The van der Waals surface area contributed by atoms with Crippen LogP contribution < -0.4 is 10.6 Å². The lowest BCUT2D eigenvalue weighted by Crippen LogP contribution is -2.56. The maximum absolute atomic E-state index is 3.65. The van der Waals surface area contributed by atoms with Gasteiger partial charge in [-0.15, -0.1) is 0 Å². The molecule has 0 saturated carbocycles. The normalized spacial score (nSPS) is 25.1. The second kappa shape index (κ2) is 4.24. The minimum Gasteiger partial charge on any atom is -0.313 e. The van der Waals surface area contributed by atoms with E-state index in [1.807, 2.05) is 0 Å². The molecule has 1 fully saturated rings. The second-order valence-electron chi connectivity index (χ2n) is 4.76. The third-order valence-electron chi connectivity index (χ3n) is 2.75. The van der Waals surface area contributed by atoms with E-state index in [-0.39, 0.29) is 5.54 Å². The van der Waals surface area contributed by atoms with E-state index in [9.17, 15) is 0 Å². The Kier molecular flexibility index (Phi) is 3.14. The van der Waals surface area contributed by atoms with Gasteiger partial charge in [-0.2, -0.15) is 0 Å². The first-order valence-electron chi connectivity index (χ1n) is 5.31. The van der Waals surface area contributed by atoms with Gasteiger partial charge in [-0.3, -0.25) is 0 Å². The summed E-state index contributed by atoms with van der Waals surface area (Å²) in [6.45, 7) is 6.49. The quantitative estimate of drug-likeness (QED) is 0.818. The number of benzene rings is 1. The Balaban J connectivity index is 2.13. The molecule has 1 unspecified atom stereocenters. The van der Waals surface area contributed by atoms with Crippen LogP contribution >= 0.6 is 15.9 Å². The third kappa shape index (κ3) is 2.80. The van der Waals surface area contributed by atoms with Crippen LogP contribution in [0.2, 0.25) is 0 Å². The molecule has 0 amide bonds. The van der Waals surface area contributed by atoms with Crippen molar-refractivity contribution in [2.75, 3.05) is 13.1 Å². The minimum absolute atomic E-state index is 0.177. The molecule has 1 aromatic rings. The largest absolute Gasteiger partial charge is 0.313 e. The van der Waals surface area contributed by atoms with Gasteiger partial charge in [-0.1, -0.05) is 28.1 Å². The Morgan fingerprint density at radius 1 is 1.27 bits per heavy atom. The number of hydrogen-bond donors (Lipinski definition) is 2. The van der Waals surface area contributed by atoms with Crippen molar-refractivity contribution in [3.8, 4) is 0 Å². The maximum atomic E-state index is 3.65. The summed E-state index contributed by atoms with van der Waals surface area (Å²) in [5, 5.41) is 7.11. The fourth-order valence-electron chi connectivity index (χ4n) is 2.00. The van der Waals surface area contributed by atoms with Crippen molar-refractivity contribution < 1.29 is 0 Å². The van der Waals surface area contributed by atoms with Gasteiger partial charge in [0.15, 0.2) is 0 Å². The predicted octanol–water partition coefficient (Wildman–Crippen LogP) is 2.46. The number of piperazine rings is 1. The van der Waals surface area contributed by atoms with Crippen LogP contribution in [0, 0.1) is 0 Å². The van der Waals surface area contributed by atoms with Crippen molar-refractivity contribution in [1.82, 2.24) is 10.6 Å². The number of nitrogens with one attached hydrogen (secondary N) is 2. The number of hydrogen-bond acceptors (Lipinski definition) is 2. The highest BCUT2D eigenvalue weighted by molar-refractivity contribution is 9.10. The summed E-state index contributed by atoms with van der Waals surface area (Å²) >= 11 is 3.46. The first-order chi connectivity index (χ1) is 7.07. The van der Waals surface area contributed by atoms with E-state index in [4.69, 9.17) is 0 Å². The molecular formula is C12H17BrN2. The Labute approximate surface area is 99.6 Å². The first kappa shape index (κ1) is 11.1. The van der Waals surface area contributed by atoms with Gasteiger partial charge in [0.05, 0.1) is 0 Å². The topological polar surface area (TPSA) is 24.1 Å². The van der Waals surface area contributed by atoms with Gasteiger partial charge >= 0.3 is 0 Å². The van der Waals surface area contributed by atoms with Gasteiger partial charge in [0.25, 0.3) is 0 Å². The molecule has 0 aliphatic carbocycles. The zero-order chi connectivity index (χ0) is 10.9. The van der Waals surface area contributed by atoms with Crippen molar-refractivity contribution in [2.45, 2.75) is 25.4 Å². The molecular weight excluding hydrogens is 252 g/mol. The van der Waals surface area contributed by atoms with Gasteiger partial charge in [0, 0.05) is 29.1 Å². The van der Waals surface area contributed by atoms with E-state index in [0.29, 0.717) is 6.04 Å². The average molecular weight is 269 g/mol. The molecule has 1 aliphatic rings. The van der Waals surface area contributed by atoms with Gasteiger partial charge < -0.3 is 10.6 Å². The molecule has 1 saturated heterocycles. The zero-order valence-electron chi connectivity index (χ0n) is 9.18. The Bertz CT molecular complexity index is 332. The Morgan fingerprint density at radius 2 is 1.93 bits per heavy atom. The number of halogens is 1. The van der Waals surface area contributed by atoms with E-state index in [0.717, 1.165) is 17.6 Å². The lowest BCUT2D eigenvalue weighted by atomic mass is 9.96. The highest BCUT2D eigenvalue weighted by atomic mass is 79.9. The smallest absolute Gasteiger partial charge is 0.0451 e. The molecule has 2 nitrogen and oxygen atoms in total. The van der Waals surface area contributed by atoms with Crippen LogP contribution in [0.3, 0.4) is 0 Å². The molecule has 2 rings (SSSR count). The van der Waals surface area contributed by atoms with E-state index >= 15 is 0 Å². The SMILES string of the molecule is CC1(C)CNCC(c2ccc(Br)cc2)N1. The fourth-order valence-corrected chi connectivity index (χ4v) is 2.26. The number of rotatable bonds is 1. The van der Waals surface area contributed by atoms with Crippen LogP contribution in [0.15, 0.2) is 28.7 Å². The average Bonchev–Trinajstić information content (AvgIpc) is 2.17. The van der Waals surface area contributed by atoms with Gasteiger partial charge in [0.2, 0.25) is 0 Å². The van der Waals surface area contributed by atoms with Crippen molar-refractivity contribution in [1.29, 1.82) is 0 Å². The Hall–Kier alpha value is -0.380. The summed E-state index contributed by atoms with van der Waals surface area (Å²) in [5.41, 5.74) is 1.52. The first-order valence-corrected chi connectivity index (χ1v) is 6.10. The van der Waals surface area contributed by atoms with E-state index in [2.05, 4.69) is 64.7 Å². The molecule has 0 radical (unpaired) electrons. The zero-order valence-corrected chi connectivity index (χ0v) is 10.8. The van der Waals surface area contributed by atoms with Gasteiger partial charge in [-0.05, 0) is 31.5 Å². The van der Waals surface area contributed by atoms with Crippen molar-refractivity contribution in [2.24, 2.45) is 0 Å². The molecule has 2 N–H and O–H groups in total. The van der Waals surface area contributed by atoms with Gasteiger partial charge in [0.1, 0.15) is 0 Å². The lowest BCUT2D eigenvalue weighted by Gasteiger charge is -2.38. The summed E-state index contributed by atoms with van der Waals surface area (Å²) in [4.78, 5) is 0. The van der Waals surface area contributed by atoms with Crippen LogP contribution in [0.5, 0.6) is 0 Å². The van der Waals surface area contributed by atoms with Crippen LogP contribution in [-0.2, 0) is 0 Å². The predicted molar refractivity (Wildman–Crippen MR) is 67.0 cm³/mol. The molecule has 1 aromatic carbocycles. The molecule has 3 heteroatoms. The third-order valence-corrected chi connectivity index (χ3v) is 3.28. The minimum atomic E-state index is 0.177. The second-order valence-corrected chi connectivity index (χ2v) is 5.68. The molecule has 0 spiro atoms. The summed E-state index contributed by atoms with van der Waals surface area (Å²) in [6, 6.07) is 8.95.